The highest BCUT2D eigenvalue weighted by molar-refractivity contribution is 6.05. The molecule has 0 amide bonds. The van der Waals surface area contributed by atoms with Gasteiger partial charge in [-0.2, -0.15) is 0 Å². The van der Waals surface area contributed by atoms with Crippen LogP contribution in [0, 0.1) is 0 Å². The molecular weight excluding hydrogens is 376 g/mol. The van der Waals surface area contributed by atoms with Gasteiger partial charge in [-0.3, -0.25) is 0 Å². The molecule has 6 nitrogen and oxygen atoms in total. The van der Waals surface area contributed by atoms with Gasteiger partial charge in [0.15, 0.2) is 0 Å². The molecule has 30 heavy (non-hydrogen) atoms. The largest absolute Gasteiger partial charge is 0.497 e. The molecule has 1 aliphatic rings. The number of aromatic nitrogens is 2. The van der Waals surface area contributed by atoms with Crippen molar-refractivity contribution in [2.75, 3.05) is 25.5 Å². The fraction of sp³-hybridized carbons (Fsp3) is 0.250. The minimum atomic E-state index is 0.329. The molecule has 152 valence electrons. The van der Waals surface area contributed by atoms with Crippen LogP contribution in [-0.2, 0) is 0 Å². The molecule has 1 fully saturated rings. The standard InChI is InChI=1S/C24H24N4O2/c1-29-19-11-9-16(10-12-19)20-21-23(28-18-8-5-13-25-14-18)26-15-27-24(21)30-22(20)17-6-3-2-4-7-17/h2-4,6-7,9-12,15,18,25H,5,8,13-14H2,1H3,(H,26,27,28). The molecule has 2 N–H and O–H groups in total. The first-order valence-electron chi connectivity index (χ1n) is 10.3. The smallest absolute Gasteiger partial charge is 0.232 e. The van der Waals surface area contributed by atoms with Crippen LogP contribution in [0.15, 0.2) is 65.3 Å². The van der Waals surface area contributed by atoms with E-state index in [-0.39, 0.29) is 0 Å². The maximum atomic E-state index is 6.29. The molecule has 6 heteroatoms. The van der Waals surface area contributed by atoms with Crippen molar-refractivity contribution in [2.45, 2.75) is 18.9 Å². The number of nitrogens with one attached hydrogen (secondary N) is 2. The van der Waals surface area contributed by atoms with Crippen molar-refractivity contribution in [3.63, 3.8) is 0 Å². The Labute approximate surface area is 175 Å². The van der Waals surface area contributed by atoms with E-state index in [1.165, 1.54) is 0 Å². The minimum Gasteiger partial charge on any atom is -0.497 e. The molecule has 5 rings (SSSR count). The number of furan rings is 1. The van der Waals surface area contributed by atoms with Crippen molar-refractivity contribution >= 4 is 16.9 Å². The highest BCUT2D eigenvalue weighted by Gasteiger charge is 2.23. The number of piperidine rings is 1. The third-order valence-electron chi connectivity index (χ3n) is 5.54. The maximum Gasteiger partial charge on any atom is 0.232 e. The van der Waals surface area contributed by atoms with Crippen molar-refractivity contribution in [3.05, 3.63) is 60.9 Å². The number of ether oxygens (including phenoxy) is 1. The van der Waals surface area contributed by atoms with E-state index in [9.17, 15) is 0 Å². The lowest BCUT2D eigenvalue weighted by molar-refractivity contribution is 0.415. The number of anilines is 1. The van der Waals surface area contributed by atoms with Gasteiger partial charge in [-0.15, -0.1) is 0 Å². The average Bonchev–Trinajstić information content (AvgIpc) is 3.21. The van der Waals surface area contributed by atoms with Gasteiger partial charge in [0.25, 0.3) is 0 Å². The molecule has 0 radical (unpaired) electrons. The molecule has 1 saturated heterocycles. The van der Waals surface area contributed by atoms with E-state index in [2.05, 4.69) is 44.9 Å². The van der Waals surface area contributed by atoms with E-state index < -0.39 is 0 Å². The number of methoxy groups -OCH3 is 1. The van der Waals surface area contributed by atoms with E-state index in [1.807, 2.05) is 30.3 Å². The predicted molar refractivity (Wildman–Crippen MR) is 119 cm³/mol. The molecule has 1 atom stereocenters. The lowest BCUT2D eigenvalue weighted by Gasteiger charge is -2.24. The van der Waals surface area contributed by atoms with Crippen molar-refractivity contribution < 1.29 is 9.15 Å². The summed E-state index contributed by atoms with van der Waals surface area (Å²) >= 11 is 0. The Balaban J connectivity index is 1.70. The van der Waals surface area contributed by atoms with Gasteiger partial charge in [0.2, 0.25) is 5.71 Å². The minimum absolute atomic E-state index is 0.329. The number of benzene rings is 2. The van der Waals surface area contributed by atoms with Gasteiger partial charge in [0.05, 0.1) is 12.5 Å². The summed E-state index contributed by atoms with van der Waals surface area (Å²) in [6.45, 7) is 1.99. The summed E-state index contributed by atoms with van der Waals surface area (Å²) in [5, 5.41) is 7.98. The Morgan fingerprint density at radius 1 is 1.03 bits per heavy atom. The molecule has 0 aliphatic carbocycles. The van der Waals surface area contributed by atoms with Crippen LogP contribution in [-0.4, -0.2) is 36.2 Å². The summed E-state index contributed by atoms with van der Waals surface area (Å²) in [7, 11) is 1.67. The second-order valence-electron chi connectivity index (χ2n) is 7.49. The highest BCUT2D eigenvalue weighted by Crippen LogP contribution is 2.43. The quantitative estimate of drug-likeness (QED) is 0.505. The molecule has 3 heterocycles. The summed E-state index contributed by atoms with van der Waals surface area (Å²) < 4.78 is 11.6. The van der Waals surface area contributed by atoms with Crippen molar-refractivity contribution in [3.8, 4) is 28.2 Å². The molecule has 4 aromatic rings. The molecule has 2 aromatic heterocycles. The third kappa shape index (κ3) is 3.50. The monoisotopic (exact) mass is 400 g/mol. The molecule has 1 aliphatic heterocycles. The van der Waals surface area contributed by atoms with Gasteiger partial charge in [0, 0.05) is 23.7 Å². The molecule has 2 aromatic carbocycles. The SMILES string of the molecule is COc1ccc(-c2c(-c3ccccc3)oc3ncnc(NC4CCCNC4)c23)cc1. The van der Waals surface area contributed by atoms with E-state index >= 15 is 0 Å². The maximum absolute atomic E-state index is 6.29. The first kappa shape index (κ1) is 18.6. The van der Waals surface area contributed by atoms with Crippen LogP contribution in [0.4, 0.5) is 5.82 Å². The van der Waals surface area contributed by atoms with Gasteiger partial charge in [-0.1, -0.05) is 42.5 Å². The van der Waals surface area contributed by atoms with Crippen LogP contribution in [0.5, 0.6) is 5.75 Å². The molecule has 0 saturated carbocycles. The Hall–Kier alpha value is -3.38. The summed E-state index contributed by atoms with van der Waals surface area (Å²) in [6, 6.07) is 18.5. The summed E-state index contributed by atoms with van der Waals surface area (Å²) in [5.74, 6) is 2.42. The molecular formula is C24H24N4O2. The Kier molecular flexibility index (Phi) is 5.07. The topological polar surface area (TPSA) is 72.2 Å². The Morgan fingerprint density at radius 2 is 1.87 bits per heavy atom. The second-order valence-corrected chi connectivity index (χ2v) is 7.49. The predicted octanol–water partition coefficient (Wildman–Crippen LogP) is 4.73. The molecule has 1 unspecified atom stereocenters. The number of hydrogen-bond donors (Lipinski definition) is 2. The van der Waals surface area contributed by atoms with Crippen molar-refractivity contribution in [1.82, 2.24) is 15.3 Å². The first-order chi connectivity index (χ1) is 14.8. The van der Waals surface area contributed by atoms with Crippen LogP contribution < -0.4 is 15.4 Å². The normalized spacial score (nSPS) is 16.5. The van der Waals surface area contributed by atoms with Crippen LogP contribution in [0.1, 0.15) is 12.8 Å². The van der Waals surface area contributed by atoms with E-state index in [1.54, 1.807) is 13.4 Å². The van der Waals surface area contributed by atoms with Crippen LogP contribution in [0.3, 0.4) is 0 Å². The van der Waals surface area contributed by atoms with Crippen LogP contribution in [0.25, 0.3) is 33.6 Å². The van der Waals surface area contributed by atoms with Crippen LogP contribution >= 0.6 is 0 Å². The zero-order chi connectivity index (χ0) is 20.3. The van der Waals surface area contributed by atoms with Crippen molar-refractivity contribution in [2.24, 2.45) is 0 Å². The van der Waals surface area contributed by atoms with Gasteiger partial charge < -0.3 is 19.8 Å². The van der Waals surface area contributed by atoms with E-state index in [0.29, 0.717) is 11.8 Å². The lowest BCUT2D eigenvalue weighted by Crippen LogP contribution is -2.38. The van der Waals surface area contributed by atoms with E-state index in [4.69, 9.17) is 9.15 Å². The fourth-order valence-corrected chi connectivity index (χ4v) is 4.04. The summed E-state index contributed by atoms with van der Waals surface area (Å²) in [4.78, 5) is 9.04. The average molecular weight is 400 g/mol. The third-order valence-corrected chi connectivity index (χ3v) is 5.54. The van der Waals surface area contributed by atoms with Crippen LogP contribution in [0.2, 0.25) is 0 Å². The zero-order valence-electron chi connectivity index (χ0n) is 16.9. The summed E-state index contributed by atoms with van der Waals surface area (Å²) in [5.41, 5.74) is 3.62. The van der Waals surface area contributed by atoms with E-state index in [0.717, 1.165) is 65.3 Å². The highest BCUT2D eigenvalue weighted by atomic mass is 16.5. The number of rotatable bonds is 5. The molecule has 0 spiro atoms. The zero-order valence-corrected chi connectivity index (χ0v) is 16.9. The Bertz CT molecular complexity index is 1130. The van der Waals surface area contributed by atoms with Gasteiger partial charge >= 0.3 is 0 Å². The number of nitrogens with zero attached hydrogens (tertiary/aromatic N) is 2. The van der Waals surface area contributed by atoms with Crippen molar-refractivity contribution in [1.29, 1.82) is 0 Å². The second kappa shape index (κ2) is 8.16. The first-order valence-corrected chi connectivity index (χ1v) is 10.3. The van der Waals surface area contributed by atoms with Gasteiger partial charge in [-0.25, -0.2) is 9.97 Å². The summed E-state index contributed by atoms with van der Waals surface area (Å²) in [6.07, 6.45) is 3.83. The fourth-order valence-electron chi connectivity index (χ4n) is 4.04. The lowest BCUT2D eigenvalue weighted by atomic mass is 9.99. The Morgan fingerprint density at radius 3 is 2.60 bits per heavy atom. The molecule has 0 bridgehead atoms. The van der Waals surface area contributed by atoms with Gasteiger partial charge in [-0.05, 0) is 37.1 Å². The number of hydrogen-bond acceptors (Lipinski definition) is 6. The number of fused-ring (bicyclic) bond motifs is 1. The van der Waals surface area contributed by atoms with Gasteiger partial charge in [0.1, 0.15) is 23.7 Å².